The van der Waals surface area contributed by atoms with Crippen molar-refractivity contribution < 1.29 is 4.79 Å². The van der Waals surface area contributed by atoms with Crippen LogP contribution >= 0.6 is 11.3 Å². The molecule has 2 aromatic carbocycles. The van der Waals surface area contributed by atoms with Crippen molar-refractivity contribution >= 4 is 33.8 Å². The van der Waals surface area contributed by atoms with Crippen molar-refractivity contribution in [3.8, 4) is 10.4 Å². The van der Waals surface area contributed by atoms with Gasteiger partial charge in [0.25, 0.3) is 0 Å². The van der Waals surface area contributed by atoms with Gasteiger partial charge in [-0.15, -0.1) is 11.3 Å². The number of aryl methyl sites for hydroxylation is 1. The molecule has 0 spiro atoms. The van der Waals surface area contributed by atoms with Crippen LogP contribution < -0.4 is 5.73 Å². The number of benzene rings is 2. The van der Waals surface area contributed by atoms with Crippen LogP contribution in [0.5, 0.6) is 0 Å². The zero-order valence-electron chi connectivity index (χ0n) is 13.7. The number of ketones is 1. The zero-order chi connectivity index (χ0) is 17.4. The molecule has 124 valence electrons. The van der Waals surface area contributed by atoms with Gasteiger partial charge in [0.05, 0.1) is 11.0 Å². The van der Waals surface area contributed by atoms with Crippen molar-refractivity contribution in [3.05, 3.63) is 70.9 Å². The van der Waals surface area contributed by atoms with Gasteiger partial charge in [0.15, 0.2) is 5.78 Å². The summed E-state index contributed by atoms with van der Waals surface area (Å²) < 4.78 is 0. The molecule has 0 aliphatic carbocycles. The Kier molecular flexibility index (Phi) is 3.86. The van der Waals surface area contributed by atoms with Gasteiger partial charge >= 0.3 is 0 Å². The quantitative estimate of drug-likeness (QED) is 0.418. The maximum absolute atomic E-state index is 12.7. The number of carbonyl (C=O) groups excluding carboxylic acids is 1. The molecule has 2 heterocycles. The number of hydrogen-bond donors (Lipinski definition) is 2. The summed E-state index contributed by atoms with van der Waals surface area (Å²) in [7, 11) is 0. The Morgan fingerprint density at radius 3 is 2.88 bits per heavy atom. The van der Waals surface area contributed by atoms with Gasteiger partial charge < -0.3 is 10.7 Å². The van der Waals surface area contributed by atoms with Crippen molar-refractivity contribution in [2.24, 2.45) is 0 Å². The molecule has 2 aromatic heterocycles. The van der Waals surface area contributed by atoms with Crippen LogP contribution in [0.3, 0.4) is 0 Å². The van der Waals surface area contributed by atoms with E-state index in [2.05, 4.69) is 16.0 Å². The number of nitrogen functional groups attached to an aromatic ring is 1. The van der Waals surface area contributed by atoms with E-state index in [0.29, 0.717) is 11.3 Å². The standard InChI is InChI=1S/C20H17N3OS/c1-12-22-17-7-5-13(10-18(17)23-12)19(24)11-15-9-14(4-6-16(15)21)20-3-2-8-25-20/h2-10H,11,21H2,1H3,(H,22,23). The lowest BCUT2D eigenvalue weighted by molar-refractivity contribution is 0.0993. The van der Waals surface area contributed by atoms with E-state index >= 15 is 0 Å². The largest absolute Gasteiger partial charge is 0.398 e. The molecule has 3 N–H and O–H groups in total. The molecular weight excluding hydrogens is 330 g/mol. The molecule has 4 nitrogen and oxygen atoms in total. The van der Waals surface area contributed by atoms with Crippen LogP contribution in [0.1, 0.15) is 21.7 Å². The Labute approximate surface area is 149 Å². The Balaban J connectivity index is 1.64. The van der Waals surface area contributed by atoms with Crippen molar-refractivity contribution in [2.75, 3.05) is 5.73 Å². The minimum atomic E-state index is 0.0455. The first-order valence-electron chi connectivity index (χ1n) is 8.02. The Morgan fingerprint density at radius 1 is 1.20 bits per heavy atom. The number of nitrogens with one attached hydrogen (secondary N) is 1. The van der Waals surface area contributed by atoms with Gasteiger partial charge in [-0.1, -0.05) is 12.1 Å². The number of Topliss-reactive ketones (excluding diaryl/α,β-unsaturated/α-hetero) is 1. The van der Waals surface area contributed by atoms with Gasteiger partial charge in [-0.05, 0) is 59.8 Å². The molecule has 0 fully saturated rings. The van der Waals surface area contributed by atoms with Gasteiger partial charge in [0.1, 0.15) is 5.82 Å². The normalized spacial score (nSPS) is 11.1. The number of fused-ring (bicyclic) bond motifs is 1. The molecule has 0 saturated heterocycles. The molecule has 4 rings (SSSR count). The average Bonchev–Trinajstić information content (AvgIpc) is 3.24. The topological polar surface area (TPSA) is 71.8 Å². The molecule has 0 aliphatic heterocycles. The second-order valence-electron chi connectivity index (χ2n) is 6.04. The van der Waals surface area contributed by atoms with E-state index in [1.807, 2.05) is 54.8 Å². The smallest absolute Gasteiger partial charge is 0.167 e. The van der Waals surface area contributed by atoms with Crippen molar-refractivity contribution in [3.63, 3.8) is 0 Å². The van der Waals surface area contributed by atoms with Gasteiger partial charge in [-0.25, -0.2) is 4.98 Å². The first kappa shape index (κ1) is 15.6. The van der Waals surface area contributed by atoms with E-state index in [1.165, 1.54) is 4.88 Å². The molecule has 0 aliphatic rings. The molecule has 25 heavy (non-hydrogen) atoms. The van der Waals surface area contributed by atoms with E-state index in [1.54, 1.807) is 11.3 Å². The summed E-state index contributed by atoms with van der Waals surface area (Å²) in [5.41, 5.74) is 11.1. The maximum atomic E-state index is 12.7. The van der Waals surface area contributed by atoms with Crippen LogP contribution in [0.2, 0.25) is 0 Å². The Bertz CT molecular complexity index is 1060. The Hall–Kier alpha value is -2.92. The monoisotopic (exact) mass is 347 g/mol. The number of imidazole rings is 1. The number of aromatic amines is 1. The fourth-order valence-electron chi connectivity index (χ4n) is 2.94. The maximum Gasteiger partial charge on any atom is 0.167 e. The Morgan fingerprint density at radius 2 is 2.08 bits per heavy atom. The van der Waals surface area contributed by atoms with E-state index in [9.17, 15) is 4.79 Å². The molecule has 0 radical (unpaired) electrons. The third-order valence-electron chi connectivity index (χ3n) is 4.22. The molecule has 0 amide bonds. The highest BCUT2D eigenvalue weighted by Crippen LogP contribution is 2.28. The van der Waals surface area contributed by atoms with E-state index in [4.69, 9.17) is 5.73 Å². The predicted octanol–water partition coefficient (Wildman–Crippen LogP) is 4.61. The lowest BCUT2D eigenvalue weighted by Gasteiger charge is -2.08. The van der Waals surface area contributed by atoms with Crippen LogP contribution in [0.4, 0.5) is 5.69 Å². The summed E-state index contributed by atoms with van der Waals surface area (Å²) in [6.45, 7) is 1.90. The van der Waals surface area contributed by atoms with Gasteiger partial charge in [0, 0.05) is 22.5 Å². The summed E-state index contributed by atoms with van der Waals surface area (Å²) in [4.78, 5) is 21.4. The molecule has 0 bridgehead atoms. The fourth-order valence-corrected chi connectivity index (χ4v) is 3.66. The number of aromatic nitrogens is 2. The second-order valence-corrected chi connectivity index (χ2v) is 6.99. The number of thiophene rings is 1. The van der Waals surface area contributed by atoms with Gasteiger partial charge in [-0.2, -0.15) is 0 Å². The molecule has 4 aromatic rings. The number of hydrogen-bond acceptors (Lipinski definition) is 4. The third kappa shape index (κ3) is 3.06. The lowest BCUT2D eigenvalue weighted by atomic mass is 9.99. The third-order valence-corrected chi connectivity index (χ3v) is 5.14. The number of nitrogens with zero attached hydrogens (tertiary/aromatic N) is 1. The SMILES string of the molecule is Cc1nc2ccc(C(=O)Cc3cc(-c4cccs4)ccc3N)cc2[nH]1. The number of nitrogens with two attached hydrogens (primary N) is 1. The van der Waals surface area contributed by atoms with Gasteiger partial charge in [-0.3, -0.25) is 4.79 Å². The number of anilines is 1. The molecule has 0 unspecified atom stereocenters. The zero-order valence-corrected chi connectivity index (χ0v) is 14.6. The summed E-state index contributed by atoms with van der Waals surface area (Å²) in [6, 6.07) is 15.5. The van der Waals surface area contributed by atoms with Crippen molar-refractivity contribution in [1.82, 2.24) is 9.97 Å². The summed E-state index contributed by atoms with van der Waals surface area (Å²) in [5.74, 6) is 0.886. The van der Waals surface area contributed by atoms with Crippen LogP contribution in [0, 0.1) is 6.92 Å². The summed E-state index contributed by atoms with van der Waals surface area (Å²) in [5, 5.41) is 2.04. The van der Waals surface area contributed by atoms with Crippen LogP contribution in [-0.2, 0) is 6.42 Å². The molecule has 5 heteroatoms. The van der Waals surface area contributed by atoms with Gasteiger partial charge in [0.2, 0.25) is 0 Å². The number of rotatable bonds is 4. The predicted molar refractivity (Wildman–Crippen MR) is 103 cm³/mol. The number of carbonyl (C=O) groups is 1. The fraction of sp³-hybridized carbons (Fsp3) is 0.100. The average molecular weight is 347 g/mol. The van der Waals surface area contributed by atoms with Crippen molar-refractivity contribution in [1.29, 1.82) is 0 Å². The minimum Gasteiger partial charge on any atom is -0.398 e. The minimum absolute atomic E-state index is 0.0455. The van der Waals surface area contributed by atoms with Crippen LogP contribution in [0.25, 0.3) is 21.5 Å². The van der Waals surface area contributed by atoms with Crippen molar-refractivity contribution in [2.45, 2.75) is 13.3 Å². The lowest BCUT2D eigenvalue weighted by Crippen LogP contribution is -2.06. The molecule has 0 saturated carbocycles. The van der Waals surface area contributed by atoms with E-state index < -0.39 is 0 Å². The summed E-state index contributed by atoms with van der Waals surface area (Å²) >= 11 is 1.67. The highest BCUT2D eigenvalue weighted by Gasteiger charge is 2.12. The van der Waals surface area contributed by atoms with Crippen LogP contribution in [-0.4, -0.2) is 15.8 Å². The first-order valence-corrected chi connectivity index (χ1v) is 8.90. The first-order chi connectivity index (χ1) is 12.1. The molecular formula is C20H17N3OS. The highest BCUT2D eigenvalue weighted by molar-refractivity contribution is 7.13. The second kappa shape index (κ2) is 6.18. The highest BCUT2D eigenvalue weighted by atomic mass is 32.1. The molecule has 0 atom stereocenters. The van der Waals surface area contributed by atoms with E-state index in [0.717, 1.165) is 28.0 Å². The van der Waals surface area contributed by atoms with E-state index in [-0.39, 0.29) is 12.2 Å². The van der Waals surface area contributed by atoms with Crippen LogP contribution in [0.15, 0.2) is 53.9 Å². The summed E-state index contributed by atoms with van der Waals surface area (Å²) in [6.07, 6.45) is 0.281. The number of H-pyrrole nitrogens is 1.